The van der Waals surface area contributed by atoms with Crippen molar-refractivity contribution in [1.29, 1.82) is 0 Å². The highest BCUT2D eigenvalue weighted by Crippen LogP contribution is 2.19. The summed E-state index contributed by atoms with van der Waals surface area (Å²) in [5.74, 6) is 1.40. The number of imidazole rings is 1. The fraction of sp³-hybridized carbons (Fsp3) is 0.471. The van der Waals surface area contributed by atoms with E-state index in [4.69, 9.17) is 0 Å². The van der Waals surface area contributed by atoms with Crippen LogP contribution in [0.1, 0.15) is 38.6 Å². The minimum atomic E-state index is -0.197. The number of halogens is 1. The van der Waals surface area contributed by atoms with Gasteiger partial charge in [0.05, 0.1) is 5.69 Å². The van der Waals surface area contributed by atoms with E-state index >= 15 is 0 Å². The first-order chi connectivity index (χ1) is 10.1. The van der Waals surface area contributed by atoms with Crippen molar-refractivity contribution in [2.45, 2.75) is 40.2 Å². The molecule has 21 heavy (non-hydrogen) atoms. The van der Waals surface area contributed by atoms with Crippen LogP contribution < -0.4 is 5.32 Å². The lowest BCUT2D eigenvalue weighted by Crippen LogP contribution is -2.20. The molecule has 0 unspecified atom stereocenters. The maximum Gasteiger partial charge on any atom is 0.123 e. The molecule has 1 aromatic carbocycles. The lowest BCUT2D eigenvalue weighted by Gasteiger charge is -2.14. The standard InChI is InChI=1S/C17H24FN3/c1-4-5-17-20-8-9-21(17)16-7-6-15(18)10-14(16)12-19-11-13(2)3/h6-10,13,19H,4-5,11-12H2,1-3H3. The number of aromatic nitrogens is 2. The van der Waals surface area contributed by atoms with Gasteiger partial charge in [-0.05, 0) is 42.6 Å². The zero-order valence-corrected chi connectivity index (χ0v) is 13.1. The molecule has 0 atom stereocenters. The SMILES string of the molecule is CCCc1nccn1-c1ccc(F)cc1CNCC(C)C. The first-order valence-corrected chi connectivity index (χ1v) is 7.63. The third-order valence-corrected chi connectivity index (χ3v) is 3.36. The van der Waals surface area contributed by atoms with Gasteiger partial charge >= 0.3 is 0 Å². The number of nitrogens with one attached hydrogen (secondary N) is 1. The first-order valence-electron chi connectivity index (χ1n) is 7.63. The second-order valence-corrected chi connectivity index (χ2v) is 5.76. The van der Waals surface area contributed by atoms with Gasteiger partial charge in [-0.3, -0.25) is 0 Å². The maximum absolute atomic E-state index is 13.6. The quantitative estimate of drug-likeness (QED) is 0.842. The highest BCUT2D eigenvalue weighted by molar-refractivity contribution is 5.42. The third-order valence-electron chi connectivity index (χ3n) is 3.36. The van der Waals surface area contributed by atoms with E-state index < -0.39 is 0 Å². The van der Waals surface area contributed by atoms with Gasteiger partial charge in [0.1, 0.15) is 11.6 Å². The van der Waals surface area contributed by atoms with Gasteiger partial charge in [0.2, 0.25) is 0 Å². The topological polar surface area (TPSA) is 29.9 Å². The Hall–Kier alpha value is -1.68. The lowest BCUT2D eigenvalue weighted by atomic mass is 10.1. The van der Waals surface area contributed by atoms with E-state index in [9.17, 15) is 4.39 Å². The molecule has 0 aliphatic heterocycles. The summed E-state index contributed by atoms with van der Waals surface area (Å²) in [5.41, 5.74) is 1.97. The average Bonchev–Trinajstić information content (AvgIpc) is 2.87. The van der Waals surface area contributed by atoms with Crippen molar-refractivity contribution in [1.82, 2.24) is 14.9 Å². The van der Waals surface area contributed by atoms with Crippen LogP contribution in [0.4, 0.5) is 4.39 Å². The molecule has 1 aromatic heterocycles. The predicted molar refractivity (Wildman–Crippen MR) is 84.1 cm³/mol. The number of benzene rings is 1. The Bertz CT molecular complexity index is 575. The maximum atomic E-state index is 13.6. The Morgan fingerprint density at radius 2 is 2.14 bits per heavy atom. The lowest BCUT2D eigenvalue weighted by molar-refractivity contribution is 0.549. The van der Waals surface area contributed by atoms with E-state index in [-0.39, 0.29) is 5.82 Å². The van der Waals surface area contributed by atoms with Crippen molar-refractivity contribution in [3.63, 3.8) is 0 Å². The third kappa shape index (κ3) is 4.14. The molecule has 2 aromatic rings. The Morgan fingerprint density at radius 1 is 1.33 bits per heavy atom. The van der Waals surface area contributed by atoms with Gasteiger partial charge in [0.25, 0.3) is 0 Å². The monoisotopic (exact) mass is 289 g/mol. The zero-order chi connectivity index (χ0) is 15.2. The molecular weight excluding hydrogens is 265 g/mol. The first kappa shape index (κ1) is 15.7. The van der Waals surface area contributed by atoms with Crippen molar-refractivity contribution < 1.29 is 4.39 Å². The van der Waals surface area contributed by atoms with Crippen molar-refractivity contribution in [2.24, 2.45) is 5.92 Å². The number of hydrogen-bond acceptors (Lipinski definition) is 2. The van der Waals surface area contributed by atoms with E-state index in [0.717, 1.165) is 36.5 Å². The van der Waals surface area contributed by atoms with E-state index in [1.807, 2.05) is 12.3 Å². The molecule has 0 aliphatic carbocycles. The molecule has 1 heterocycles. The number of rotatable bonds is 7. The summed E-state index contributed by atoms with van der Waals surface area (Å²) in [6, 6.07) is 4.96. The van der Waals surface area contributed by atoms with Gasteiger partial charge in [-0.1, -0.05) is 20.8 Å². The molecular formula is C17H24FN3. The Labute approximate surface area is 126 Å². The molecule has 2 rings (SSSR count). The van der Waals surface area contributed by atoms with Crippen LogP contribution in [0.2, 0.25) is 0 Å². The van der Waals surface area contributed by atoms with Crippen LogP contribution in [0.15, 0.2) is 30.6 Å². The van der Waals surface area contributed by atoms with E-state index in [1.54, 1.807) is 12.3 Å². The normalized spacial score (nSPS) is 11.3. The van der Waals surface area contributed by atoms with Gasteiger partial charge in [0.15, 0.2) is 0 Å². The van der Waals surface area contributed by atoms with E-state index in [2.05, 4.69) is 35.6 Å². The average molecular weight is 289 g/mol. The second kappa shape index (κ2) is 7.36. The minimum absolute atomic E-state index is 0.197. The summed E-state index contributed by atoms with van der Waals surface area (Å²) < 4.78 is 15.6. The Kier molecular flexibility index (Phi) is 5.51. The van der Waals surface area contributed by atoms with Crippen molar-refractivity contribution >= 4 is 0 Å². The van der Waals surface area contributed by atoms with E-state index in [0.29, 0.717) is 12.5 Å². The highest BCUT2D eigenvalue weighted by Gasteiger charge is 2.10. The smallest absolute Gasteiger partial charge is 0.123 e. The molecule has 0 spiro atoms. The van der Waals surface area contributed by atoms with Gasteiger partial charge in [-0.25, -0.2) is 9.37 Å². The van der Waals surface area contributed by atoms with Crippen LogP contribution in [-0.2, 0) is 13.0 Å². The molecule has 1 N–H and O–H groups in total. The molecule has 0 bridgehead atoms. The van der Waals surface area contributed by atoms with Crippen LogP contribution in [0.3, 0.4) is 0 Å². The Balaban J connectivity index is 2.27. The molecule has 4 heteroatoms. The summed E-state index contributed by atoms with van der Waals surface area (Å²) in [6.45, 7) is 8.04. The highest BCUT2D eigenvalue weighted by atomic mass is 19.1. The van der Waals surface area contributed by atoms with Crippen LogP contribution in [-0.4, -0.2) is 16.1 Å². The summed E-state index contributed by atoms with van der Waals surface area (Å²) >= 11 is 0. The molecule has 0 saturated heterocycles. The summed E-state index contributed by atoms with van der Waals surface area (Å²) in [6.07, 6.45) is 5.71. The molecule has 0 fully saturated rings. The van der Waals surface area contributed by atoms with Gasteiger partial charge in [0, 0.05) is 25.4 Å². The van der Waals surface area contributed by atoms with Gasteiger partial charge < -0.3 is 9.88 Å². The number of nitrogens with zero attached hydrogens (tertiary/aromatic N) is 2. The van der Waals surface area contributed by atoms with Crippen LogP contribution in [0.25, 0.3) is 5.69 Å². The molecule has 0 aliphatic rings. The second-order valence-electron chi connectivity index (χ2n) is 5.76. The fourth-order valence-corrected chi connectivity index (χ4v) is 2.39. The molecule has 114 valence electrons. The van der Waals surface area contributed by atoms with Crippen molar-refractivity contribution in [3.8, 4) is 5.69 Å². The van der Waals surface area contributed by atoms with Gasteiger partial charge in [-0.15, -0.1) is 0 Å². The number of aryl methyl sites for hydroxylation is 1. The fourth-order valence-electron chi connectivity index (χ4n) is 2.39. The van der Waals surface area contributed by atoms with Crippen LogP contribution in [0, 0.1) is 11.7 Å². The van der Waals surface area contributed by atoms with Crippen molar-refractivity contribution in [2.75, 3.05) is 6.54 Å². The van der Waals surface area contributed by atoms with Gasteiger partial charge in [-0.2, -0.15) is 0 Å². The predicted octanol–water partition coefficient (Wildman–Crippen LogP) is 3.71. The summed E-state index contributed by atoms with van der Waals surface area (Å²) in [4.78, 5) is 4.40. The summed E-state index contributed by atoms with van der Waals surface area (Å²) in [7, 11) is 0. The molecule has 0 radical (unpaired) electrons. The summed E-state index contributed by atoms with van der Waals surface area (Å²) in [5, 5.41) is 3.38. The van der Waals surface area contributed by atoms with Crippen LogP contribution >= 0.6 is 0 Å². The number of hydrogen-bond donors (Lipinski definition) is 1. The van der Waals surface area contributed by atoms with E-state index in [1.165, 1.54) is 6.07 Å². The molecule has 3 nitrogen and oxygen atoms in total. The molecule has 0 amide bonds. The largest absolute Gasteiger partial charge is 0.312 e. The molecule has 0 saturated carbocycles. The van der Waals surface area contributed by atoms with Crippen molar-refractivity contribution in [3.05, 3.63) is 47.8 Å². The zero-order valence-electron chi connectivity index (χ0n) is 13.1. The minimum Gasteiger partial charge on any atom is -0.312 e. The van der Waals surface area contributed by atoms with Crippen LogP contribution in [0.5, 0.6) is 0 Å². The Morgan fingerprint density at radius 3 is 2.86 bits per heavy atom.